The number of rotatable bonds is 7. The lowest BCUT2D eigenvalue weighted by Gasteiger charge is -2.30. The molecule has 30 heavy (non-hydrogen) atoms. The van der Waals surface area contributed by atoms with Crippen molar-refractivity contribution in [2.24, 2.45) is 5.41 Å². The third-order valence-electron chi connectivity index (χ3n) is 4.49. The number of nitrogens with one attached hydrogen (secondary N) is 3. The van der Waals surface area contributed by atoms with E-state index in [9.17, 15) is 13.5 Å². The van der Waals surface area contributed by atoms with Gasteiger partial charge in [0.2, 0.25) is 10.0 Å². The molecule has 0 fully saturated rings. The maximum absolute atomic E-state index is 12.1. The monoisotopic (exact) mass is 451 g/mol. The predicted octanol–water partition coefficient (Wildman–Crippen LogP) is 4.00. The SMILES string of the molecule is CNS(=O)(=O)c1cccc(Nc2nsnc2N[C@@H](c2ccc(C)o2)C(C)(C)C)c1O. The maximum Gasteiger partial charge on any atom is 0.244 e. The molecule has 4 N–H and O–H groups in total. The summed E-state index contributed by atoms with van der Waals surface area (Å²) in [4.78, 5) is -0.230. The van der Waals surface area contributed by atoms with Gasteiger partial charge < -0.3 is 20.2 Å². The van der Waals surface area contributed by atoms with Crippen molar-refractivity contribution in [1.82, 2.24) is 13.5 Å². The van der Waals surface area contributed by atoms with E-state index in [0.29, 0.717) is 11.6 Å². The van der Waals surface area contributed by atoms with Crippen molar-refractivity contribution in [2.75, 3.05) is 17.7 Å². The zero-order chi connectivity index (χ0) is 22.1. The number of sulfonamides is 1. The molecule has 0 unspecified atom stereocenters. The number of para-hydroxylation sites is 1. The van der Waals surface area contributed by atoms with Crippen LogP contribution in [0.3, 0.4) is 0 Å². The first-order chi connectivity index (χ1) is 14.0. The van der Waals surface area contributed by atoms with Gasteiger partial charge in [0.25, 0.3) is 0 Å². The van der Waals surface area contributed by atoms with Gasteiger partial charge in [-0.2, -0.15) is 8.75 Å². The lowest BCUT2D eigenvalue weighted by atomic mass is 9.85. The van der Waals surface area contributed by atoms with Crippen molar-refractivity contribution in [1.29, 1.82) is 0 Å². The van der Waals surface area contributed by atoms with Crippen LogP contribution in [0.4, 0.5) is 17.3 Å². The highest BCUT2D eigenvalue weighted by atomic mass is 32.2. The highest BCUT2D eigenvalue weighted by Crippen LogP contribution is 2.39. The van der Waals surface area contributed by atoms with Crippen molar-refractivity contribution in [3.8, 4) is 5.75 Å². The quantitative estimate of drug-likeness (QED) is 0.397. The number of phenolic OH excluding ortho intramolecular Hbond substituents is 1. The average molecular weight is 452 g/mol. The molecule has 3 rings (SSSR count). The molecule has 0 aliphatic carbocycles. The van der Waals surface area contributed by atoms with E-state index < -0.39 is 15.8 Å². The van der Waals surface area contributed by atoms with E-state index in [2.05, 4.69) is 44.9 Å². The minimum atomic E-state index is -3.81. The highest BCUT2D eigenvalue weighted by Gasteiger charge is 2.30. The van der Waals surface area contributed by atoms with Gasteiger partial charge in [-0.3, -0.25) is 0 Å². The zero-order valence-electron chi connectivity index (χ0n) is 17.3. The molecule has 1 aromatic carbocycles. The van der Waals surface area contributed by atoms with E-state index in [1.165, 1.54) is 19.2 Å². The Bertz CT molecular complexity index is 1130. The maximum atomic E-state index is 12.1. The van der Waals surface area contributed by atoms with Gasteiger partial charge >= 0.3 is 0 Å². The van der Waals surface area contributed by atoms with E-state index in [4.69, 9.17) is 4.42 Å². The summed E-state index contributed by atoms with van der Waals surface area (Å²) in [7, 11) is -2.53. The number of benzene rings is 1. The molecule has 162 valence electrons. The Morgan fingerprint density at radius 3 is 2.43 bits per heavy atom. The molecule has 0 amide bonds. The van der Waals surface area contributed by atoms with Gasteiger partial charge in [-0.1, -0.05) is 26.8 Å². The second kappa shape index (κ2) is 8.25. The number of aryl methyl sites for hydroxylation is 1. The van der Waals surface area contributed by atoms with Crippen LogP contribution >= 0.6 is 11.7 Å². The van der Waals surface area contributed by atoms with E-state index in [0.717, 1.165) is 23.2 Å². The zero-order valence-corrected chi connectivity index (χ0v) is 19.0. The van der Waals surface area contributed by atoms with Gasteiger partial charge in [0.1, 0.15) is 16.4 Å². The van der Waals surface area contributed by atoms with Crippen LogP contribution in [0.15, 0.2) is 39.6 Å². The Balaban J connectivity index is 1.92. The van der Waals surface area contributed by atoms with Crippen LogP contribution in [-0.4, -0.2) is 29.3 Å². The van der Waals surface area contributed by atoms with Crippen molar-refractivity contribution < 1.29 is 17.9 Å². The normalized spacial score (nSPS) is 13.2. The van der Waals surface area contributed by atoms with Crippen LogP contribution in [0.2, 0.25) is 0 Å². The standard InChI is InChI=1S/C19H25N5O4S2/c1-11-9-10-13(28-11)16(19(2,3)4)22-18-17(23-29-24-18)21-12-7-6-8-14(15(12)25)30(26,27)20-5/h6-10,16,20,25H,1-5H3,(H,21,23)(H,22,24)/t16-/m0/s1. The second-order valence-corrected chi connectivity index (χ2v) is 10.2. The molecule has 0 aliphatic rings. The van der Waals surface area contributed by atoms with Gasteiger partial charge in [0.15, 0.2) is 17.4 Å². The number of furan rings is 1. The number of hydrogen-bond acceptors (Lipinski definition) is 9. The number of nitrogens with zero attached hydrogens (tertiary/aromatic N) is 2. The topological polar surface area (TPSA) is 129 Å². The molecule has 11 heteroatoms. The molecule has 2 heterocycles. The second-order valence-electron chi connectivity index (χ2n) is 7.84. The van der Waals surface area contributed by atoms with Gasteiger partial charge in [0, 0.05) is 0 Å². The van der Waals surface area contributed by atoms with Crippen LogP contribution in [-0.2, 0) is 10.0 Å². The summed E-state index contributed by atoms with van der Waals surface area (Å²) in [6, 6.07) is 8.04. The Labute approximate surface area is 179 Å². The van der Waals surface area contributed by atoms with Crippen LogP contribution in [0.25, 0.3) is 0 Å². The fourth-order valence-electron chi connectivity index (χ4n) is 2.90. The number of phenols is 1. The molecule has 0 saturated carbocycles. The highest BCUT2D eigenvalue weighted by molar-refractivity contribution is 7.89. The Hall–Kier alpha value is -2.63. The molecule has 0 bridgehead atoms. The first-order valence-corrected chi connectivity index (χ1v) is 11.4. The fourth-order valence-corrected chi connectivity index (χ4v) is 4.22. The van der Waals surface area contributed by atoms with Crippen molar-refractivity contribution >= 4 is 39.1 Å². The summed E-state index contributed by atoms with van der Waals surface area (Å²) in [5, 5.41) is 16.8. The average Bonchev–Trinajstić information content (AvgIpc) is 3.29. The Morgan fingerprint density at radius 2 is 1.83 bits per heavy atom. The van der Waals surface area contributed by atoms with Crippen molar-refractivity contribution in [3.05, 3.63) is 41.9 Å². The molecule has 0 spiro atoms. The fraction of sp³-hybridized carbons (Fsp3) is 0.368. The third kappa shape index (κ3) is 4.58. The summed E-state index contributed by atoms with van der Waals surface area (Å²) < 4.78 is 40.8. The molecule has 3 aromatic rings. The van der Waals surface area contributed by atoms with Crippen LogP contribution in [0.5, 0.6) is 5.75 Å². The predicted molar refractivity (Wildman–Crippen MR) is 117 cm³/mol. The van der Waals surface area contributed by atoms with E-state index in [-0.39, 0.29) is 22.0 Å². The van der Waals surface area contributed by atoms with E-state index >= 15 is 0 Å². The number of anilines is 3. The van der Waals surface area contributed by atoms with E-state index in [1.54, 1.807) is 6.07 Å². The van der Waals surface area contributed by atoms with Gasteiger partial charge in [0.05, 0.1) is 23.5 Å². The molecular weight excluding hydrogens is 426 g/mol. The largest absolute Gasteiger partial charge is 0.504 e. The van der Waals surface area contributed by atoms with Crippen LogP contribution < -0.4 is 15.4 Å². The van der Waals surface area contributed by atoms with Crippen LogP contribution in [0, 0.1) is 12.3 Å². The lowest BCUT2D eigenvalue weighted by molar-refractivity contribution is 0.300. The summed E-state index contributed by atoms with van der Waals surface area (Å²) in [6.07, 6.45) is 0. The van der Waals surface area contributed by atoms with Crippen molar-refractivity contribution in [2.45, 2.75) is 38.6 Å². The number of aromatic hydroxyl groups is 1. The first kappa shape index (κ1) is 22.1. The molecular formula is C19H25N5O4S2. The molecule has 0 radical (unpaired) electrons. The number of hydrogen-bond donors (Lipinski definition) is 4. The molecule has 0 saturated heterocycles. The molecule has 2 aromatic heterocycles. The Kier molecular flexibility index (Phi) is 6.06. The third-order valence-corrected chi connectivity index (χ3v) is 6.47. The van der Waals surface area contributed by atoms with Gasteiger partial charge in [-0.25, -0.2) is 13.1 Å². The first-order valence-electron chi connectivity index (χ1n) is 9.21. The minimum absolute atomic E-state index is 0.194. The van der Waals surface area contributed by atoms with Crippen LogP contribution in [0.1, 0.15) is 38.3 Å². The Morgan fingerprint density at radius 1 is 1.13 bits per heavy atom. The number of aromatic nitrogens is 2. The van der Waals surface area contributed by atoms with Crippen molar-refractivity contribution in [3.63, 3.8) is 0 Å². The van der Waals surface area contributed by atoms with Gasteiger partial charge in [-0.15, -0.1) is 0 Å². The summed E-state index contributed by atoms with van der Waals surface area (Å²) in [5.74, 6) is 2.01. The lowest BCUT2D eigenvalue weighted by Crippen LogP contribution is -2.25. The summed E-state index contributed by atoms with van der Waals surface area (Å²) in [6.45, 7) is 8.11. The minimum Gasteiger partial charge on any atom is -0.504 e. The summed E-state index contributed by atoms with van der Waals surface area (Å²) in [5.41, 5.74) is -0.00286. The summed E-state index contributed by atoms with van der Waals surface area (Å²) >= 11 is 0.991. The molecule has 1 atom stereocenters. The van der Waals surface area contributed by atoms with E-state index in [1.807, 2.05) is 19.1 Å². The molecule has 0 aliphatic heterocycles. The molecule has 9 nitrogen and oxygen atoms in total. The smallest absolute Gasteiger partial charge is 0.244 e. The van der Waals surface area contributed by atoms with Gasteiger partial charge in [-0.05, 0) is 43.7 Å².